The van der Waals surface area contributed by atoms with Crippen LogP contribution in [-0.4, -0.2) is 28.6 Å². The fraction of sp³-hybridized carbons (Fsp3) is 1.00. The Labute approximate surface area is 75.5 Å². The molecule has 4 heteroatoms. The molecule has 1 rings (SSSR count). The highest BCUT2D eigenvalue weighted by Crippen LogP contribution is 2.41. The third-order valence-corrected chi connectivity index (χ3v) is 3.73. The van der Waals surface area contributed by atoms with Crippen LogP contribution in [0, 0.1) is 5.41 Å². The van der Waals surface area contributed by atoms with Gasteiger partial charge in [-0.05, 0) is 17.6 Å². The third-order valence-electron chi connectivity index (χ3n) is 2.04. The number of hydrogen-bond acceptors (Lipinski definition) is 2. The van der Waals surface area contributed by atoms with E-state index in [1.54, 1.807) is 0 Å². The van der Waals surface area contributed by atoms with Crippen molar-refractivity contribution in [1.82, 2.24) is 0 Å². The molecule has 72 valence electrons. The van der Waals surface area contributed by atoms with Gasteiger partial charge >= 0.3 is 0 Å². The Morgan fingerprint density at radius 2 is 1.92 bits per heavy atom. The first kappa shape index (κ1) is 10.3. The van der Waals surface area contributed by atoms with Crippen molar-refractivity contribution in [3.05, 3.63) is 0 Å². The molecule has 0 spiro atoms. The van der Waals surface area contributed by atoms with Crippen molar-refractivity contribution in [2.24, 2.45) is 5.41 Å². The van der Waals surface area contributed by atoms with Crippen LogP contribution >= 0.6 is 11.8 Å². The molecular weight excluding hydrogens is 182 g/mol. The van der Waals surface area contributed by atoms with Crippen LogP contribution in [0.1, 0.15) is 20.3 Å². The largest absolute Gasteiger partial charge is 0.383 e. The molecule has 1 heterocycles. The molecule has 1 unspecified atom stereocenters. The highest BCUT2D eigenvalue weighted by atomic mass is 32.2. The molecule has 0 aromatic heterocycles. The predicted molar refractivity (Wildman–Crippen MR) is 46.7 cm³/mol. The first-order valence-electron chi connectivity index (χ1n) is 3.94. The zero-order chi connectivity index (χ0) is 9.41. The lowest BCUT2D eigenvalue weighted by Gasteiger charge is -2.40. The number of thioether (sulfide) groups is 1. The fourth-order valence-corrected chi connectivity index (χ4v) is 2.91. The maximum absolute atomic E-state index is 12.4. The van der Waals surface area contributed by atoms with E-state index in [2.05, 4.69) is 0 Å². The van der Waals surface area contributed by atoms with Crippen LogP contribution < -0.4 is 0 Å². The highest BCUT2D eigenvalue weighted by molar-refractivity contribution is 7.99. The van der Waals surface area contributed by atoms with Gasteiger partial charge in [0.1, 0.15) is 5.60 Å². The van der Waals surface area contributed by atoms with Crippen LogP contribution in [0.4, 0.5) is 8.78 Å². The summed E-state index contributed by atoms with van der Waals surface area (Å²) < 4.78 is 24.8. The number of aliphatic hydroxyl groups is 1. The quantitative estimate of drug-likeness (QED) is 0.693. The summed E-state index contributed by atoms with van der Waals surface area (Å²) in [6.07, 6.45) is -2.42. The Hall–Kier alpha value is 0.170. The summed E-state index contributed by atoms with van der Waals surface area (Å²) in [5.41, 5.74) is -1.93. The van der Waals surface area contributed by atoms with Crippen LogP contribution in [-0.2, 0) is 0 Å². The van der Waals surface area contributed by atoms with Crippen molar-refractivity contribution < 1.29 is 13.9 Å². The Morgan fingerprint density at radius 1 is 1.33 bits per heavy atom. The van der Waals surface area contributed by atoms with Crippen molar-refractivity contribution in [2.75, 3.05) is 11.5 Å². The minimum absolute atomic E-state index is 0.161. The minimum atomic E-state index is -2.62. The van der Waals surface area contributed by atoms with E-state index in [9.17, 15) is 13.9 Å². The van der Waals surface area contributed by atoms with Crippen LogP contribution in [0.5, 0.6) is 0 Å². The van der Waals surface area contributed by atoms with Gasteiger partial charge < -0.3 is 5.11 Å². The first-order valence-corrected chi connectivity index (χ1v) is 5.09. The average Bonchev–Trinajstić information content (AvgIpc) is 1.83. The van der Waals surface area contributed by atoms with Crippen molar-refractivity contribution in [3.8, 4) is 0 Å². The molecule has 0 aromatic carbocycles. The van der Waals surface area contributed by atoms with Gasteiger partial charge in [0, 0.05) is 5.75 Å². The van der Waals surface area contributed by atoms with E-state index in [1.807, 2.05) is 13.8 Å². The van der Waals surface area contributed by atoms with Gasteiger partial charge in [-0.15, -0.1) is 0 Å². The maximum atomic E-state index is 12.4. The third kappa shape index (κ3) is 2.10. The lowest BCUT2D eigenvalue weighted by atomic mass is 9.82. The summed E-state index contributed by atoms with van der Waals surface area (Å²) in [6, 6.07) is 0. The lowest BCUT2D eigenvalue weighted by Crippen LogP contribution is -2.47. The summed E-state index contributed by atoms with van der Waals surface area (Å²) >= 11 is 1.41. The van der Waals surface area contributed by atoms with Crippen molar-refractivity contribution in [1.29, 1.82) is 0 Å². The highest BCUT2D eigenvalue weighted by Gasteiger charge is 2.45. The van der Waals surface area contributed by atoms with Gasteiger partial charge in [0.15, 0.2) is 0 Å². The molecule has 0 aliphatic carbocycles. The second-order valence-electron chi connectivity index (χ2n) is 4.24. The molecule has 0 aromatic rings. The van der Waals surface area contributed by atoms with E-state index < -0.39 is 12.0 Å². The molecule has 1 nitrogen and oxygen atoms in total. The zero-order valence-electron chi connectivity index (χ0n) is 7.31. The Kier molecular flexibility index (Phi) is 2.69. The van der Waals surface area contributed by atoms with Gasteiger partial charge in [0.05, 0.1) is 0 Å². The smallest absolute Gasteiger partial charge is 0.267 e. The maximum Gasteiger partial charge on any atom is 0.267 e. The molecule has 1 aliphatic heterocycles. The molecular formula is C8H14F2OS. The average molecular weight is 196 g/mol. The lowest BCUT2D eigenvalue weighted by molar-refractivity contribution is -0.102. The van der Waals surface area contributed by atoms with Gasteiger partial charge in [0.2, 0.25) is 0 Å². The van der Waals surface area contributed by atoms with E-state index in [-0.39, 0.29) is 17.6 Å². The second kappa shape index (κ2) is 3.14. The Balaban J connectivity index is 2.68. The monoisotopic (exact) mass is 196 g/mol. The molecule has 1 atom stereocenters. The van der Waals surface area contributed by atoms with E-state index in [1.165, 1.54) is 11.8 Å². The van der Waals surface area contributed by atoms with Crippen LogP contribution in [0.25, 0.3) is 0 Å². The van der Waals surface area contributed by atoms with E-state index in [0.29, 0.717) is 0 Å². The standard InChI is InChI=1S/C8H14F2OS/c1-7(2)3-8(11,6(9)10)5-12-4-7/h6,11H,3-5H2,1-2H3. The minimum Gasteiger partial charge on any atom is -0.383 e. The van der Waals surface area contributed by atoms with Gasteiger partial charge in [-0.2, -0.15) is 11.8 Å². The van der Waals surface area contributed by atoms with Gasteiger partial charge in [-0.3, -0.25) is 0 Å². The van der Waals surface area contributed by atoms with Crippen LogP contribution in [0.3, 0.4) is 0 Å². The summed E-state index contributed by atoms with van der Waals surface area (Å²) in [4.78, 5) is 0. The van der Waals surface area contributed by atoms with Gasteiger partial charge in [0.25, 0.3) is 6.43 Å². The molecule has 1 aliphatic rings. The second-order valence-corrected chi connectivity index (χ2v) is 5.22. The summed E-state index contributed by atoms with van der Waals surface area (Å²) in [5.74, 6) is 1.01. The van der Waals surface area contributed by atoms with Crippen molar-refractivity contribution >= 4 is 11.8 Å². The number of alkyl halides is 2. The SMILES string of the molecule is CC1(C)CSCC(O)(C(F)F)C1. The molecule has 12 heavy (non-hydrogen) atoms. The predicted octanol–water partition coefficient (Wildman–Crippen LogP) is 2.15. The van der Waals surface area contributed by atoms with Crippen molar-refractivity contribution in [2.45, 2.75) is 32.3 Å². The Bertz CT molecular complexity index is 172. The summed E-state index contributed by atoms with van der Waals surface area (Å²) in [7, 11) is 0. The van der Waals surface area contributed by atoms with Gasteiger partial charge in [-0.25, -0.2) is 8.78 Å². The summed E-state index contributed by atoms with van der Waals surface area (Å²) in [5, 5.41) is 9.51. The van der Waals surface area contributed by atoms with E-state index in [0.717, 1.165) is 5.75 Å². The Morgan fingerprint density at radius 3 is 2.25 bits per heavy atom. The van der Waals surface area contributed by atoms with Crippen LogP contribution in [0.15, 0.2) is 0 Å². The van der Waals surface area contributed by atoms with E-state index >= 15 is 0 Å². The van der Waals surface area contributed by atoms with Gasteiger partial charge in [-0.1, -0.05) is 13.8 Å². The fourth-order valence-electron chi connectivity index (χ4n) is 1.57. The molecule has 0 saturated carbocycles. The zero-order valence-corrected chi connectivity index (χ0v) is 8.13. The molecule has 0 radical (unpaired) electrons. The summed E-state index contributed by atoms with van der Waals surface area (Å²) in [6.45, 7) is 3.82. The number of rotatable bonds is 1. The molecule has 1 N–H and O–H groups in total. The first-order chi connectivity index (χ1) is 5.36. The topological polar surface area (TPSA) is 20.2 Å². The van der Waals surface area contributed by atoms with E-state index in [4.69, 9.17) is 0 Å². The number of halogens is 2. The van der Waals surface area contributed by atoms with Crippen LogP contribution in [0.2, 0.25) is 0 Å². The number of hydrogen-bond donors (Lipinski definition) is 1. The molecule has 0 bridgehead atoms. The normalized spacial score (nSPS) is 35.5. The molecule has 0 amide bonds. The van der Waals surface area contributed by atoms with Crippen molar-refractivity contribution in [3.63, 3.8) is 0 Å². The molecule has 1 saturated heterocycles. The molecule has 1 fully saturated rings.